The molecule has 0 bridgehead atoms. The average Bonchev–Trinajstić information content (AvgIpc) is 3.34. The maximum Gasteiger partial charge on any atom is 0.257 e. The molecule has 178 valence electrons. The molecule has 3 heterocycles. The molecular formula is C25H21ClFN5O3. The van der Waals surface area contributed by atoms with Gasteiger partial charge in [0, 0.05) is 35.9 Å². The van der Waals surface area contributed by atoms with Crippen molar-refractivity contribution in [3.63, 3.8) is 0 Å². The lowest BCUT2D eigenvalue weighted by Crippen LogP contribution is -2.36. The molecule has 4 aromatic rings. The molecule has 5 rings (SSSR count). The third kappa shape index (κ3) is 4.96. The fourth-order valence-electron chi connectivity index (χ4n) is 3.89. The third-order valence-corrected chi connectivity index (χ3v) is 6.00. The van der Waals surface area contributed by atoms with Crippen LogP contribution in [-0.4, -0.2) is 48.1 Å². The number of pyridine rings is 1. The number of rotatable bonds is 5. The van der Waals surface area contributed by atoms with Crippen LogP contribution in [0.25, 0.3) is 11.0 Å². The highest BCUT2D eigenvalue weighted by atomic mass is 35.5. The minimum Gasteiger partial charge on any atom is -0.378 e. The second-order valence-electron chi connectivity index (χ2n) is 8.01. The fraction of sp³-hybridized carbons (Fsp3) is 0.160. The summed E-state index contributed by atoms with van der Waals surface area (Å²) in [5.74, 6) is -1.81. The van der Waals surface area contributed by atoms with E-state index in [1.165, 1.54) is 12.3 Å². The lowest BCUT2D eigenvalue weighted by molar-refractivity contribution is 0.101. The van der Waals surface area contributed by atoms with Crippen LogP contribution in [-0.2, 0) is 4.74 Å². The lowest BCUT2D eigenvalue weighted by atomic mass is 10.1. The van der Waals surface area contributed by atoms with E-state index in [-0.39, 0.29) is 16.3 Å². The van der Waals surface area contributed by atoms with Crippen molar-refractivity contribution in [3.05, 3.63) is 82.9 Å². The van der Waals surface area contributed by atoms with Gasteiger partial charge in [-0.2, -0.15) is 0 Å². The zero-order chi connectivity index (χ0) is 24.4. The number of ether oxygens (including phenoxy) is 1. The normalized spacial score (nSPS) is 13.6. The number of benzene rings is 2. The monoisotopic (exact) mass is 493 g/mol. The highest BCUT2D eigenvalue weighted by molar-refractivity contribution is 6.34. The SMILES string of the molecule is O=C(Nc1cc(C(=O)Nc2cnc3[nH]ccc3c2)c(Cl)cc1F)c1cccc(N2CCOCC2)c1. The Bertz CT molecular complexity index is 1420. The molecule has 0 aliphatic carbocycles. The molecule has 35 heavy (non-hydrogen) atoms. The van der Waals surface area contributed by atoms with Gasteiger partial charge in [-0.1, -0.05) is 17.7 Å². The summed E-state index contributed by atoms with van der Waals surface area (Å²) in [5.41, 5.74) is 2.24. The van der Waals surface area contributed by atoms with Crippen LogP contribution in [0.1, 0.15) is 20.7 Å². The van der Waals surface area contributed by atoms with Crippen molar-refractivity contribution in [1.29, 1.82) is 0 Å². The number of nitrogens with zero attached hydrogens (tertiary/aromatic N) is 2. The number of hydrogen-bond acceptors (Lipinski definition) is 5. The maximum atomic E-state index is 14.6. The van der Waals surface area contributed by atoms with Crippen LogP contribution < -0.4 is 15.5 Å². The van der Waals surface area contributed by atoms with E-state index in [2.05, 4.69) is 25.5 Å². The van der Waals surface area contributed by atoms with E-state index in [1.807, 2.05) is 12.1 Å². The Morgan fingerprint density at radius 1 is 1.06 bits per heavy atom. The highest BCUT2D eigenvalue weighted by Gasteiger charge is 2.19. The summed E-state index contributed by atoms with van der Waals surface area (Å²) < 4.78 is 20.0. The van der Waals surface area contributed by atoms with E-state index in [9.17, 15) is 14.0 Å². The van der Waals surface area contributed by atoms with Gasteiger partial charge in [0.25, 0.3) is 11.8 Å². The summed E-state index contributed by atoms with van der Waals surface area (Å²) in [6, 6.07) is 12.9. The smallest absolute Gasteiger partial charge is 0.257 e. The van der Waals surface area contributed by atoms with Gasteiger partial charge in [0.1, 0.15) is 11.5 Å². The van der Waals surface area contributed by atoms with Crippen LogP contribution in [0.15, 0.2) is 60.9 Å². The molecule has 0 saturated carbocycles. The number of carbonyl (C=O) groups excluding carboxylic acids is 2. The average molecular weight is 494 g/mol. The second kappa shape index (κ2) is 9.73. The van der Waals surface area contributed by atoms with E-state index < -0.39 is 17.6 Å². The van der Waals surface area contributed by atoms with Gasteiger partial charge >= 0.3 is 0 Å². The Balaban J connectivity index is 1.35. The van der Waals surface area contributed by atoms with Crippen molar-refractivity contribution in [2.45, 2.75) is 0 Å². The molecule has 0 unspecified atom stereocenters. The molecular weight excluding hydrogens is 473 g/mol. The summed E-state index contributed by atoms with van der Waals surface area (Å²) in [6.45, 7) is 2.68. The number of fused-ring (bicyclic) bond motifs is 1. The van der Waals surface area contributed by atoms with Crippen molar-refractivity contribution in [1.82, 2.24) is 9.97 Å². The number of hydrogen-bond donors (Lipinski definition) is 3. The summed E-state index contributed by atoms with van der Waals surface area (Å²) in [5, 5.41) is 6.00. The van der Waals surface area contributed by atoms with Gasteiger partial charge in [-0.3, -0.25) is 9.59 Å². The molecule has 0 radical (unpaired) electrons. The quantitative estimate of drug-likeness (QED) is 0.374. The van der Waals surface area contributed by atoms with Crippen molar-refractivity contribution < 1.29 is 18.7 Å². The number of carbonyl (C=O) groups is 2. The predicted molar refractivity (Wildman–Crippen MR) is 133 cm³/mol. The highest BCUT2D eigenvalue weighted by Crippen LogP contribution is 2.27. The number of amides is 2. The number of aromatic amines is 1. The van der Waals surface area contributed by atoms with Crippen LogP contribution in [0.5, 0.6) is 0 Å². The van der Waals surface area contributed by atoms with Crippen molar-refractivity contribution in [3.8, 4) is 0 Å². The first-order valence-electron chi connectivity index (χ1n) is 11.0. The molecule has 0 spiro atoms. The zero-order valence-electron chi connectivity index (χ0n) is 18.5. The van der Waals surface area contributed by atoms with Gasteiger partial charge in [0.2, 0.25) is 0 Å². The van der Waals surface area contributed by atoms with Gasteiger partial charge in [0.15, 0.2) is 0 Å². The van der Waals surface area contributed by atoms with Crippen molar-refractivity contribution >= 4 is 51.5 Å². The standard InChI is InChI=1S/C25H21ClFN5O3/c26-20-13-21(27)22(12-19(20)25(34)30-17-10-15-4-5-28-23(15)29-14-17)31-24(33)16-2-1-3-18(11-16)32-6-8-35-9-7-32/h1-5,10-14H,6-9H2,(H,28,29)(H,30,34)(H,31,33). The first-order chi connectivity index (χ1) is 17.0. The first-order valence-corrected chi connectivity index (χ1v) is 11.3. The third-order valence-electron chi connectivity index (χ3n) is 5.69. The van der Waals surface area contributed by atoms with Crippen molar-refractivity contribution in [2.24, 2.45) is 0 Å². The van der Waals surface area contributed by atoms with Gasteiger partial charge in [0.05, 0.1) is 41.4 Å². The van der Waals surface area contributed by atoms with E-state index >= 15 is 0 Å². The molecule has 10 heteroatoms. The van der Waals surface area contributed by atoms with E-state index in [1.54, 1.807) is 30.5 Å². The number of aromatic nitrogens is 2. The number of morpholine rings is 1. The Morgan fingerprint density at radius 3 is 2.71 bits per heavy atom. The summed E-state index contributed by atoms with van der Waals surface area (Å²) >= 11 is 6.15. The second-order valence-corrected chi connectivity index (χ2v) is 8.42. The molecule has 2 amide bonds. The van der Waals surface area contributed by atoms with Crippen LogP contribution in [0, 0.1) is 5.82 Å². The van der Waals surface area contributed by atoms with Crippen LogP contribution in [0.4, 0.5) is 21.5 Å². The van der Waals surface area contributed by atoms with E-state index in [0.717, 1.165) is 30.2 Å². The molecule has 0 atom stereocenters. The number of nitrogens with one attached hydrogen (secondary N) is 3. The van der Waals surface area contributed by atoms with E-state index in [4.69, 9.17) is 16.3 Å². The zero-order valence-corrected chi connectivity index (χ0v) is 19.2. The van der Waals surface area contributed by atoms with Gasteiger partial charge in [-0.15, -0.1) is 0 Å². The molecule has 2 aromatic heterocycles. The molecule has 1 saturated heterocycles. The Labute approximate surface area is 205 Å². The molecule has 2 aromatic carbocycles. The number of H-pyrrole nitrogens is 1. The summed E-state index contributed by atoms with van der Waals surface area (Å²) in [4.78, 5) is 35.1. The molecule has 8 nitrogen and oxygen atoms in total. The maximum absolute atomic E-state index is 14.6. The van der Waals surface area contributed by atoms with Crippen LogP contribution in [0.3, 0.4) is 0 Å². The predicted octanol–water partition coefficient (Wildman–Crippen LogP) is 4.70. The summed E-state index contributed by atoms with van der Waals surface area (Å²) in [7, 11) is 0. The minimum atomic E-state index is -0.750. The first kappa shape index (κ1) is 22.8. The molecule has 3 N–H and O–H groups in total. The molecule has 1 aliphatic heterocycles. The number of anilines is 3. The Kier molecular flexibility index (Phi) is 6.35. The summed E-state index contributed by atoms with van der Waals surface area (Å²) in [6.07, 6.45) is 3.24. The van der Waals surface area contributed by atoms with Crippen LogP contribution >= 0.6 is 11.6 Å². The largest absolute Gasteiger partial charge is 0.378 e. The Hall–Kier alpha value is -3.95. The van der Waals surface area contributed by atoms with Crippen molar-refractivity contribution in [2.75, 3.05) is 41.8 Å². The topological polar surface area (TPSA) is 99.3 Å². The lowest BCUT2D eigenvalue weighted by Gasteiger charge is -2.29. The van der Waals surface area contributed by atoms with Gasteiger partial charge in [-0.25, -0.2) is 9.37 Å². The van der Waals surface area contributed by atoms with Crippen LogP contribution in [0.2, 0.25) is 5.02 Å². The molecule has 1 fully saturated rings. The van der Waals surface area contributed by atoms with E-state index in [0.29, 0.717) is 30.1 Å². The van der Waals surface area contributed by atoms with Gasteiger partial charge < -0.3 is 25.3 Å². The Morgan fingerprint density at radius 2 is 1.89 bits per heavy atom. The minimum absolute atomic E-state index is 0.0135. The molecule has 1 aliphatic rings. The fourth-order valence-corrected chi connectivity index (χ4v) is 4.12. The van der Waals surface area contributed by atoms with Gasteiger partial charge in [-0.05, 0) is 42.5 Å². The number of halogens is 2.